The lowest BCUT2D eigenvalue weighted by molar-refractivity contribution is 0.0166. The fourth-order valence-corrected chi connectivity index (χ4v) is 2.58. The Balaban J connectivity index is 2.10. The quantitative estimate of drug-likeness (QED) is 0.756. The van der Waals surface area contributed by atoms with Crippen LogP contribution in [-0.4, -0.2) is 4.57 Å². The number of hydrogen-bond acceptors (Lipinski definition) is 1. The Labute approximate surface area is 134 Å². The van der Waals surface area contributed by atoms with Crippen molar-refractivity contribution in [1.82, 2.24) is 4.57 Å². The summed E-state index contributed by atoms with van der Waals surface area (Å²) < 4.78 is 41.0. The minimum atomic E-state index is -3.01. The Kier molecular flexibility index (Phi) is 5.11. The van der Waals surface area contributed by atoms with Crippen LogP contribution >= 0.6 is 15.9 Å². The summed E-state index contributed by atoms with van der Waals surface area (Å²) in [5, 5.41) is 0. The number of aromatic nitrogens is 1. The second-order valence-electron chi connectivity index (χ2n) is 5.19. The molecule has 0 spiro atoms. The van der Waals surface area contributed by atoms with Gasteiger partial charge in [-0.1, -0.05) is 12.1 Å². The molecule has 0 atom stereocenters. The van der Waals surface area contributed by atoms with Crippen molar-refractivity contribution in [3.63, 3.8) is 0 Å². The fraction of sp³-hybridized carbons (Fsp3) is 0.312. The van der Waals surface area contributed by atoms with Crippen LogP contribution < -0.4 is 5.56 Å². The van der Waals surface area contributed by atoms with Crippen molar-refractivity contribution in [1.29, 1.82) is 0 Å². The standard InChI is InChI=1S/C16H15BrF3NO/c1-16(19,20)12-9-14(17)15(22)21(10-12)8-2-3-11-4-6-13(18)7-5-11/h4-7,9-10H,2-3,8H2,1H3. The van der Waals surface area contributed by atoms with E-state index in [2.05, 4.69) is 15.9 Å². The number of nitrogens with zero attached hydrogens (tertiary/aromatic N) is 1. The van der Waals surface area contributed by atoms with Crippen LogP contribution in [0, 0.1) is 5.82 Å². The van der Waals surface area contributed by atoms with Crippen molar-refractivity contribution in [2.24, 2.45) is 0 Å². The summed E-state index contributed by atoms with van der Waals surface area (Å²) in [6.45, 7) is 1.11. The molecular weight excluding hydrogens is 359 g/mol. The van der Waals surface area contributed by atoms with Gasteiger partial charge in [-0.15, -0.1) is 0 Å². The minimum Gasteiger partial charge on any atom is -0.314 e. The Morgan fingerprint density at radius 1 is 1.23 bits per heavy atom. The van der Waals surface area contributed by atoms with Gasteiger partial charge in [-0.2, -0.15) is 0 Å². The molecule has 118 valence electrons. The summed E-state index contributed by atoms with van der Waals surface area (Å²) in [5.74, 6) is -3.31. The zero-order valence-corrected chi connectivity index (χ0v) is 13.5. The number of rotatable bonds is 5. The molecule has 0 fully saturated rings. The molecule has 2 nitrogen and oxygen atoms in total. The number of aryl methyl sites for hydroxylation is 2. The van der Waals surface area contributed by atoms with Crippen LogP contribution in [0.25, 0.3) is 0 Å². The molecule has 0 aliphatic heterocycles. The SMILES string of the molecule is CC(F)(F)c1cc(Br)c(=O)n(CCCc2ccc(F)cc2)c1. The Hall–Kier alpha value is -1.56. The number of halogens is 4. The number of alkyl halides is 2. The molecule has 0 aliphatic carbocycles. The third-order valence-electron chi connectivity index (χ3n) is 3.33. The maximum Gasteiger partial charge on any atom is 0.271 e. The zero-order chi connectivity index (χ0) is 16.3. The van der Waals surface area contributed by atoms with Gasteiger partial charge in [0.05, 0.1) is 4.47 Å². The maximum absolute atomic E-state index is 13.4. The first-order valence-corrected chi connectivity index (χ1v) is 7.59. The topological polar surface area (TPSA) is 22.0 Å². The van der Waals surface area contributed by atoms with E-state index in [1.807, 2.05) is 0 Å². The monoisotopic (exact) mass is 373 g/mol. The predicted molar refractivity (Wildman–Crippen MR) is 82.7 cm³/mol. The number of hydrogen-bond donors (Lipinski definition) is 0. The average Bonchev–Trinajstić information content (AvgIpc) is 2.44. The van der Waals surface area contributed by atoms with Crippen LogP contribution in [0.3, 0.4) is 0 Å². The van der Waals surface area contributed by atoms with Crippen LogP contribution in [0.2, 0.25) is 0 Å². The molecule has 0 bridgehead atoms. The van der Waals surface area contributed by atoms with Crippen molar-refractivity contribution in [3.8, 4) is 0 Å². The van der Waals surface area contributed by atoms with E-state index < -0.39 is 5.92 Å². The molecule has 0 radical (unpaired) electrons. The van der Waals surface area contributed by atoms with E-state index in [9.17, 15) is 18.0 Å². The summed E-state index contributed by atoms with van der Waals surface area (Å²) in [6.07, 6.45) is 2.42. The van der Waals surface area contributed by atoms with E-state index in [0.29, 0.717) is 19.4 Å². The molecule has 22 heavy (non-hydrogen) atoms. The normalized spacial score (nSPS) is 11.7. The first-order valence-electron chi connectivity index (χ1n) is 6.80. The summed E-state index contributed by atoms with van der Waals surface area (Å²) in [7, 11) is 0. The van der Waals surface area contributed by atoms with Gasteiger partial charge in [-0.3, -0.25) is 4.79 Å². The molecule has 2 rings (SSSR count). The highest BCUT2D eigenvalue weighted by atomic mass is 79.9. The average molecular weight is 374 g/mol. The van der Waals surface area contributed by atoms with E-state index in [-0.39, 0.29) is 21.4 Å². The third kappa shape index (κ3) is 4.22. The highest BCUT2D eigenvalue weighted by molar-refractivity contribution is 9.10. The largest absolute Gasteiger partial charge is 0.314 e. The lowest BCUT2D eigenvalue weighted by Crippen LogP contribution is -2.23. The van der Waals surface area contributed by atoms with Crippen molar-refractivity contribution in [2.75, 3.05) is 0 Å². The van der Waals surface area contributed by atoms with Crippen molar-refractivity contribution >= 4 is 15.9 Å². The smallest absolute Gasteiger partial charge is 0.271 e. The van der Waals surface area contributed by atoms with Gasteiger partial charge in [0.2, 0.25) is 0 Å². The second-order valence-corrected chi connectivity index (χ2v) is 6.05. The molecule has 0 saturated carbocycles. The van der Waals surface area contributed by atoms with E-state index in [4.69, 9.17) is 0 Å². The molecule has 2 aromatic rings. The van der Waals surface area contributed by atoms with Crippen LogP contribution in [-0.2, 0) is 18.9 Å². The van der Waals surface area contributed by atoms with Gasteiger partial charge < -0.3 is 4.57 Å². The molecule has 0 aliphatic rings. The lowest BCUT2D eigenvalue weighted by atomic mass is 10.1. The molecule has 0 saturated heterocycles. The molecule has 0 N–H and O–H groups in total. The van der Waals surface area contributed by atoms with Gasteiger partial charge in [0, 0.05) is 25.2 Å². The zero-order valence-electron chi connectivity index (χ0n) is 12.0. The van der Waals surface area contributed by atoms with Gasteiger partial charge in [0.15, 0.2) is 0 Å². The predicted octanol–water partition coefficient (Wildman–Crippen LogP) is 4.49. The third-order valence-corrected chi connectivity index (χ3v) is 3.90. The molecule has 0 amide bonds. The van der Waals surface area contributed by atoms with Gasteiger partial charge in [0.1, 0.15) is 5.82 Å². The summed E-state index contributed by atoms with van der Waals surface area (Å²) in [6, 6.07) is 7.24. The molecule has 0 unspecified atom stereocenters. The van der Waals surface area contributed by atoms with Crippen molar-refractivity contribution < 1.29 is 13.2 Å². The first kappa shape index (κ1) is 16.8. The molecule has 6 heteroatoms. The van der Waals surface area contributed by atoms with Crippen LogP contribution in [0.15, 0.2) is 45.8 Å². The van der Waals surface area contributed by atoms with Gasteiger partial charge in [-0.25, -0.2) is 13.2 Å². The van der Waals surface area contributed by atoms with Crippen molar-refractivity contribution in [3.05, 3.63) is 68.3 Å². The van der Waals surface area contributed by atoms with E-state index in [1.165, 1.54) is 22.9 Å². The minimum absolute atomic E-state index is 0.119. The molecular formula is C16H15BrF3NO. The second kappa shape index (κ2) is 6.69. The van der Waals surface area contributed by atoms with Crippen molar-refractivity contribution in [2.45, 2.75) is 32.2 Å². The van der Waals surface area contributed by atoms with Gasteiger partial charge in [0.25, 0.3) is 11.5 Å². The first-order chi connectivity index (χ1) is 10.3. The highest BCUT2D eigenvalue weighted by Crippen LogP contribution is 2.27. The van der Waals surface area contributed by atoms with Crippen LogP contribution in [0.1, 0.15) is 24.5 Å². The maximum atomic E-state index is 13.4. The highest BCUT2D eigenvalue weighted by Gasteiger charge is 2.26. The van der Waals surface area contributed by atoms with Gasteiger partial charge >= 0.3 is 0 Å². The molecule has 1 heterocycles. The number of benzene rings is 1. The summed E-state index contributed by atoms with van der Waals surface area (Å²) in [5.41, 5.74) is 0.387. The lowest BCUT2D eigenvalue weighted by Gasteiger charge is -2.14. The van der Waals surface area contributed by atoms with Crippen LogP contribution in [0.5, 0.6) is 0 Å². The van der Waals surface area contributed by atoms with E-state index >= 15 is 0 Å². The fourth-order valence-electron chi connectivity index (χ4n) is 2.11. The van der Waals surface area contributed by atoms with E-state index in [0.717, 1.165) is 18.6 Å². The Morgan fingerprint density at radius 3 is 2.45 bits per heavy atom. The Bertz CT molecular complexity index is 705. The van der Waals surface area contributed by atoms with E-state index in [1.54, 1.807) is 12.1 Å². The molecule has 1 aromatic heterocycles. The number of pyridine rings is 1. The summed E-state index contributed by atoms with van der Waals surface area (Å²) in [4.78, 5) is 12.0. The van der Waals surface area contributed by atoms with Crippen LogP contribution in [0.4, 0.5) is 13.2 Å². The van der Waals surface area contributed by atoms with Gasteiger partial charge in [-0.05, 0) is 52.5 Å². The summed E-state index contributed by atoms with van der Waals surface area (Å²) >= 11 is 3.03. The molecule has 1 aromatic carbocycles. The Morgan fingerprint density at radius 2 is 1.86 bits per heavy atom.